The number of anilines is 1. The third-order valence-corrected chi connectivity index (χ3v) is 3.12. The van der Waals surface area contributed by atoms with Crippen LogP contribution in [0.2, 0.25) is 0 Å². The lowest BCUT2D eigenvalue weighted by molar-refractivity contribution is -0.120. The van der Waals surface area contributed by atoms with Crippen molar-refractivity contribution in [3.05, 3.63) is 41.8 Å². The van der Waals surface area contributed by atoms with E-state index in [1.807, 2.05) is 20.8 Å². The summed E-state index contributed by atoms with van der Waals surface area (Å²) < 4.78 is 17.9. The molecule has 6 nitrogen and oxygen atoms in total. The van der Waals surface area contributed by atoms with Crippen LogP contribution in [-0.2, 0) is 16.6 Å². The molecular weight excluding hydrogens is 299 g/mol. The average Bonchev–Trinajstić information content (AvgIpc) is 2.96. The highest BCUT2D eigenvalue weighted by molar-refractivity contribution is 5.77. The van der Waals surface area contributed by atoms with Crippen LogP contribution in [0, 0.1) is 5.82 Å². The molecule has 0 aliphatic carbocycles. The molecule has 0 unspecified atom stereocenters. The van der Waals surface area contributed by atoms with Crippen molar-refractivity contribution in [3.8, 4) is 0 Å². The third kappa shape index (κ3) is 5.36. The lowest BCUT2D eigenvalue weighted by Gasteiger charge is -2.10. The molecule has 1 aromatic heterocycles. The van der Waals surface area contributed by atoms with Gasteiger partial charge in [-0.25, -0.2) is 4.39 Å². The van der Waals surface area contributed by atoms with Gasteiger partial charge < -0.3 is 4.52 Å². The Balaban J connectivity index is 1.70. The number of rotatable bonds is 6. The predicted molar refractivity (Wildman–Crippen MR) is 84.1 cm³/mol. The molecule has 124 valence electrons. The van der Waals surface area contributed by atoms with Crippen molar-refractivity contribution in [2.24, 2.45) is 0 Å². The molecule has 0 radical (unpaired) electrons. The smallest absolute Gasteiger partial charge is 0.238 e. The third-order valence-electron chi connectivity index (χ3n) is 3.12. The number of hydrogen-bond acceptors (Lipinski definition) is 5. The molecule has 23 heavy (non-hydrogen) atoms. The van der Waals surface area contributed by atoms with Gasteiger partial charge in [0.1, 0.15) is 5.82 Å². The summed E-state index contributed by atoms with van der Waals surface area (Å²) in [5.74, 6) is 0.713. The van der Waals surface area contributed by atoms with Crippen molar-refractivity contribution < 1.29 is 13.7 Å². The summed E-state index contributed by atoms with van der Waals surface area (Å²) in [7, 11) is 0. The van der Waals surface area contributed by atoms with Gasteiger partial charge in [0.2, 0.25) is 11.8 Å². The summed E-state index contributed by atoms with van der Waals surface area (Å²) in [4.78, 5) is 16.0. The fraction of sp³-hybridized carbons (Fsp3) is 0.438. The molecule has 2 N–H and O–H groups in total. The van der Waals surface area contributed by atoms with Crippen LogP contribution in [0.5, 0.6) is 0 Å². The molecule has 0 bridgehead atoms. The van der Waals surface area contributed by atoms with E-state index >= 15 is 0 Å². The van der Waals surface area contributed by atoms with Crippen LogP contribution in [0.25, 0.3) is 0 Å². The first kappa shape index (κ1) is 16.9. The zero-order valence-electron chi connectivity index (χ0n) is 13.5. The maximum Gasteiger partial charge on any atom is 0.238 e. The zero-order chi connectivity index (χ0) is 16.9. The zero-order valence-corrected chi connectivity index (χ0v) is 13.5. The van der Waals surface area contributed by atoms with Crippen LogP contribution >= 0.6 is 0 Å². The summed E-state index contributed by atoms with van der Waals surface area (Å²) in [6, 6.07) is 5.72. The van der Waals surface area contributed by atoms with Crippen LogP contribution < -0.4 is 10.9 Å². The van der Waals surface area contributed by atoms with E-state index in [0.29, 0.717) is 36.7 Å². The van der Waals surface area contributed by atoms with E-state index in [9.17, 15) is 9.18 Å². The number of nitrogens with one attached hydrogen (secondary N) is 2. The number of amides is 1. The molecule has 2 rings (SSSR count). The molecular formula is C16H21FN4O2. The summed E-state index contributed by atoms with van der Waals surface area (Å²) >= 11 is 0. The van der Waals surface area contributed by atoms with Crippen LogP contribution in [0.1, 0.15) is 45.3 Å². The van der Waals surface area contributed by atoms with E-state index in [0.717, 1.165) is 0 Å². The maximum atomic E-state index is 12.8. The molecule has 0 fully saturated rings. The molecule has 0 aliphatic heterocycles. The Morgan fingerprint density at radius 2 is 1.96 bits per heavy atom. The minimum atomic E-state index is -0.323. The van der Waals surface area contributed by atoms with Crippen molar-refractivity contribution in [2.75, 3.05) is 5.43 Å². The molecule has 7 heteroatoms. The Morgan fingerprint density at radius 1 is 1.26 bits per heavy atom. The average molecular weight is 320 g/mol. The van der Waals surface area contributed by atoms with Gasteiger partial charge in [-0.2, -0.15) is 4.98 Å². The normalized spacial score (nSPS) is 11.3. The van der Waals surface area contributed by atoms with Crippen molar-refractivity contribution in [2.45, 2.75) is 45.4 Å². The number of carbonyl (C=O) groups is 1. The summed E-state index contributed by atoms with van der Waals surface area (Å²) in [5.41, 5.74) is 5.75. The maximum absolute atomic E-state index is 12.8. The van der Waals surface area contributed by atoms with Crippen LogP contribution in [-0.4, -0.2) is 16.0 Å². The number of halogens is 1. The molecule has 1 amide bonds. The van der Waals surface area contributed by atoms with E-state index in [1.54, 1.807) is 12.1 Å². The van der Waals surface area contributed by atoms with E-state index in [4.69, 9.17) is 4.52 Å². The lowest BCUT2D eigenvalue weighted by Crippen LogP contribution is -2.29. The number of benzene rings is 1. The summed E-state index contributed by atoms with van der Waals surface area (Å²) in [5, 5.41) is 3.94. The Morgan fingerprint density at radius 3 is 2.57 bits per heavy atom. The van der Waals surface area contributed by atoms with Gasteiger partial charge in [0.25, 0.3) is 0 Å². The van der Waals surface area contributed by atoms with Gasteiger partial charge in [0.15, 0.2) is 5.82 Å². The molecule has 1 heterocycles. The van der Waals surface area contributed by atoms with Crippen molar-refractivity contribution in [3.63, 3.8) is 0 Å². The highest BCUT2D eigenvalue weighted by atomic mass is 19.1. The van der Waals surface area contributed by atoms with Gasteiger partial charge in [-0.3, -0.25) is 15.6 Å². The molecule has 2 aromatic rings. The Bertz CT molecular complexity index is 647. The first-order valence-corrected chi connectivity index (χ1v) is 7.48. The minimum absolute atomic E-state index is 0.155. The Kier molecular flexibility index (Phi) is 5.31. The fourth-order valence-electron chi connectivity index (χ4n) is 1.80. The second kappa shape index (κ2) is 7.21. The number of hydrazine groups is 1. The molecule has 0 saturated heterocycles. The van der Waals surface area contributed by atoms with Crippen LogP contribution in [0.3, 0.4) is 0 Å². The largest absolute Gasteiger partial charge is 0.339 e. The van der Waals surface area contributed by atoms with Gasteiger partial charge in [0.05, 0.1) is 5.69 Å². The number of hydrogen-bond donors (Lipinski definition) is 2. The van der Waals surface area contributed by atoms with E-state index in [1.165, 1.54) is 12.1 Å². The highest BCUT2D eigenvalue weighted by Gasteiger charge is 2.20. The van der Waals surface area contributed by atoms with Gasteiger partial charge >= 0.3 is 0 Å². The molecule has 0 saturated carbocycles. The number of carbonyl (C=O) groups excluding carboxylic acids is 1. The van der Waals surface area contributed by atoms with E-state index in [-0.39, 0.29) is 17.1 Å². The summed E-state index contributed by atoms with van der Waals surface area (Å²) in [6.07, 6.45) is 1.47. The van der Waals surface area contributed by atoms with Gasteiger partial charge in [-0.1, -0.05) is 25.9 Å². The molecule has 1 aromatic carbocycles. The predicted octanol–water partition coefficient (Wildman–Crippen LogP) is 2.97. The molecule has 0 atom stereocenters. The van der Waals surface area contributed by atoms with Gasteiger partial charge in [0, 0.05) is 18.3 Å². The van der Waals surface area contributed by atoms with Crippen LogP contribution in [0.15, 0.2) is 28.8 Å². The van der Waals surface area contributed by atoms with Crippen molar-refractivity contribution in [1.82, 2.24) is 15.6 Å². The van der Waals surface area contributed by atoms with Crippen molar-refractivity contribution in [1.29, 1.82) is 0 Å². The SMILES string of the molecule is CC(C)(C)c1noc(CCCC(=O)NNc2ccc(F)cc2)n1. The fourth-order valence-corrected chi connectivity index (χ4v) is 1.80. The van der Waals surface area contributed by atoms with Crippen molar-refractivity contribution >= 4 is 11.6 Å². The number of aromatic nitrogens is 2. The first-order chi connectivity index (χ1) is 10.8. The topological polar surface area (TPSA) is 80.0 Å². The Labute approximate surface area is 134 Å². The monoisotopic (exact) mass is 320 g/mol. The number of aryl methyl sites for hydroxylation is 1. The van der Waals surface area contributed by atoms with Gasteiger partial charge in [-0.05, 0) is 30.7 Å². The molecule has 0 spiro atoms. The first-order valence-electron chi connectivity index (χ1n) is 7.48. The minimum Gasteiger partial charge on any atom is -0.339 e. The quantitative estimate of drug-likeness (QED) is 0.800. The van der Waals surface area contributed by atoms with E-state index < -0.39 is 0 Å². The van der Waals surface area contributed by atoms with Crippen LogP contribution in [0.4, 0.5) is 10.1 Å². The lowest BCUT2D eigenvalue weighted by atomic mass is 9.96. The van der Waals surface area contributed by atoms with Gasteiger partial charge in [-0.15, -0.1) is 0 Å². The standard InChI is InChI=1S/C16H21FN4O2/c1-16(2,3)15-18-14(23-21-15)6-4-5-13(22)20-19-12-9-7-11(17)8-10-12/h7-10,19H,4-6H2,1-3H3,(H,20,22). The summed E-state index contributed by atoms with van der Waals surface area (Å²) in [6.45, 7) is 6.03. The highest BCUT2D eigenvalue weighted by Crippen LogP contribution is 2.18. The Hall–Kier alpha value is -2.44. The second-order valence-electron chi connectivity index (χ2n) is 6.30. The van der Waals surface area contributed by atoms with E-state index in [2.05, 4.69) is 21.0 Å². The second-order valence-corrected chi connectivity index (χ2v) is 6.30. The number of nitrogens with zero attached hydrogens (tertiary/aromatic N) is 2. The molecule has 0 aliphatic rings.